The largest absolute Gasteiger partial charge is 0.387 e. The van der Waals surface area contributed by atoms with Crippen molar-refractivity contribution in [3.8, 4) is 0 Å². The molecular formula is C17H21N3O2S. The number of aromatic nitrogens is 1. The molecule has 1 aliphatic carbocycles. The van der Waals surface area contributed by atoms with E-state index in [9.17, 15) is 9.90 Å². The first-order valence-electron chi connectivity index (χ1n) is 7.82. The average Bonchev–Trinajstić information content (AvgIpc) is 3.24. The highest BCUT2D eigenvalue weighted by Crippen LogP contribution is 2.41. The van der Waals surface area contributed by atoms with Gasteiger partial charge in [0.2, 0.25) is 0 Å². The van der Waals surface area contributed by atoms with E-state index in [0.717, 1.165) is 29.0 Å². The molecule has 122 valence electrons. The lowest BCUT2D eigenvalue weighted by molar-refractivity contribution is 0.171. The second-order valence-electron chi connectivity index (χ2n) is 5.91. The monoisotopic (exact) mass is 331 g/mol. The first-order chi connectivity index (χ1) is 11.1. The van der Waals surface area contributed by atoms with Crippen LogP contribution >= 0.6 is 11.3 Å². The minimum absolute atomic E-state index is 0.0226. The highest BCUT2D eigenvalue weighted by Gasteiger charge is 2.35. The molecule has 5 nitrogen and oxygen atoms in total. The Morgan fingerprint density at radius 3 is 2.87 bits per heavy atom. The zero-order valence-corrected chi connectivity index (χ0v) is 13.8. The SMILES string of the molecule is Cc1ccccc1C(O)CNC(=O)NC(c1nccs1)C1CC1. The molecule has 1 aromatic carbocycles. The second-order valence-corrected chi connectivity index (χ2v) is 6.84. The number of carbonyl (C=O) groups is 1. The maximum Gasteiger partial charge on any atom is 0.315 e. The molecule has 3 N–H and O–H groups in total. The number of aryl methyl sites for hydroxylation is 1. The number of nitrogens with zero attached hydrogens (tertiary/aromatic N) is 1. The van der Waals surface area contributed by atoms with Crippen LogP contribution in [-0.2, 0) is 0 Å². The van der Waals surface area contributed by atoms with Gasteiger partial charge < -0.3 is 15.7 Å². The van der Waals surface area contributed by atoms with Crippen LogP contribution in [0.5, 0.6) is 0 Å². The lowest BCUT2D eigenvalue weighted by atomic mass is 10.0. The van der Waals surface area contributed by atoms with Crippen molar-refractivity contribution in [2.75, 3.05) is 6.54 Å². The molecule has 1 aromatic heterocycles. The van der Waals surface area contributed by atoms with Gasteiger partial charge in [0.15, 0.2) is 0 Å². The van der Waals surface area contributed by atoms with Gasteiger partial charge in [0.1, 0.15) is 5.01 Å². The minimum atomic E-state index is -0.707. The summed E-state index contributed by atoms with van der Waals surface area (Å²) in [6, 6.07) is 7.36. The number of nitrogens with one attached hydrogen (secondary N) is 2. The fraction of sp³-hybridized carbons (Fsp3) is 0.412. The van der Waals surface area contributed by atoms with E-state index in [1.807, 2.05) is 36.6 Å². The number of rotatable bonds is 6. The van der Waals surface area contributed by atoms with E-state index < -0.39 is 6.10 Å². The molecule has 1 saturated carbocycles. The molecule has 0 aliphatic heterocycles. The Balaban J connectivity index is 1.54. The number of thiazole rings is 1. The third kappa shape index (κ3) is 4.09. The summed E-state index contributed by atoms with van der Waals surface area (Å²) in [6.45, 7) is 2.14. The van der Waals surface area contributed by atoms with E-state index in [0.29, 0.717) is 5.92 Å². The molecule has 0 radical (unpaired) electrons. The van der Waals surface area contributed by atoms with Crippen molar-refractivity contribution in [1.29, 1.82) is 0 Å². The van der Waals surface area contributed by atoms with E-state index in [2.05, 4.69) is 15.6 Å². The van der Waals surface area contributed by atoms with Crippen molar-refractivity contribution in [3.05, 3.63) is 52.0 Å². The van der Waals surface area contributed by atoms with Crippen molar-refractivity contribution in [1.82, 2.24) is 15.6 Å². The van der Waals surface area contributed by atoms with Crippen molar-refractivity contribution in [2.45, 2.75) is 31.9 Å². The summed E-state index contributed by atoms with van der Waals surface area (Å²) in [4.78, 5) is 16.5. The molecule has 2 amide bonds. The smallest absolute Gasteiger partial charge is 0.315 e. The molecule has 0 spiro atoms. The summed E-state index contributed by atoms with van der Waals surface area (Å²) < 4.78 is 0. The number of benzene rings is 1. The van der Waals surface area contributed by atoms with Crippen molar-refractivity contribution in [3.63, 3.8) is 0 Å². The van der Waals surface area contributed by atoms with Crippen LogP contribution in [-0.4, -0.2) is 22.7 Å². The van der Waals surface area contributed by atoms with Gasteiger partial charge in [0.05, 0.1) is 12.1 Å². The van der Waals surface area contributed by atoms with Crippen LogP contribution in [0.2, 0.25) is 0 Å². The number of carbonyl (C=O) groups excluding carboxylic acids is 1. The quantitative estimate of drug-likeness (QED) is 0.762. The number of aliphatic hydroxyl groups is 1. The third-order valence-corrected chi connectivity index (χ3v) is 4.96. The van der Waals surface area contributed by atoms with E-state index >= 15 is 0 Å². The molecule has 0 bridgehead atoms. The van der Waals surface area contributed by atoms with Crippen LogP contribution < -0.4 is 10.6 Å². The van der Waals surface area contributed by atoms with Crippen LogP contribution in [0.25, 0.3) is 0 Å². The zero-order valence-electron chi connectivity index (χ0n) is 13.0. The van der Waals surface area contributed by atoms with Crippen molar-refractivity contribution < 1.29 is 9.90 Å². The van der Waals surface area contributed by atoms with Gasteiger partial charge in [-0.15, -0.1) is 11.3 Å². The van der Waals surface area contributed by atoms with Crippen molar-refractivity contribution in [2.24, 2.45) is 5.92 Å². The number of aliphatic hydroxyl groups excluding tert-OH is 1. The lowest BCUT2D eigenvalue weighted by Gasteiger charge is -2.18. The molecule has 23 heavy (non-hydrogen) atoms. The molecule has 2 atom stereocenters. The van der Waals surface area contributed by atoms with E-state index in [1.165, 1.54) is 0 Å². The minimum Gasteiger partial charge on any atom is -0.387 e. The molecule has 1 aliphatic rings. The Morgan fingerprint density at radius 2 is 2.22 bits per heavy atom. The Morgan fingerprint density at radius 1 is 1.43 bits per heavy atom. The lowest BCUT2D eigenvalue weighted by Crippen LogP contribution is -2.40. The number of amides is 2. The summed E-state index contributed by atoms with van der Waals surface area (Å²) in [5, 5.41) is 18.9. The molecule has 0 saturated heterocycles. The topological polar surface area (TPSA) is 74.2 Å². The summed E-state index contributed by atoms with van der Waals surface area (Å²) in [7, 11) is 0. The molecule has 2 unspecified atom stereocenters. The van der Waals surface area contributed by atoms with Gasteiger partial charge in [0.25, 0.3) is 0 Å². The van der Waals surface area contributed by atoms with Crippen LogP contribution in [0, 0.1) is 12.8 Å². The Labute approximate surface area is 139 Å². The van der Waals surface area contributed by atoms with Gasteiger partial charge in [-0.05, 0) is 36.8 Å². The van der Waals surface area contributed by atoms with Crippen molar-refractivity contribution >= 4 is 17.4 Å². The fourth-order valence-corrected chi connectivity index (χ4v) is 3.43. The predicted molar refractivity (Wildman–Crippen MR) is 90.3 cm³/mol. The van der Waals surface area contributed by atoms with Crippen LogP contribution in [0.15, 0.2) is 35.8 Å². The molecule has 3 rings (SSSR count). The first kappa shape index (κ1) is 16.0. The van der Waals surface area contributed by atoms with Gasteiger partial charge in [-0.3, -0.25) is 0 Å². The number of hydrogen-bond donors (Lipinski definition) is 3. The molecule has 1 heterocycles. The summed E-state index contributed by atoms with van der Waals surface area (Å²) in [6.07, 6.45) is 3.30. The Bertz CT molecular complexity index is 656. The van der Waals surface area contributed by atoms with E-state index in [4.69, 9.17) is 0 Å². The van der Waals surface area contributed by atoms with Gasteiger partial charge in [-0.2, -0.15) is 0 Å². The Kier molecular flexibility index (Phi) is 4.93. The van der Waals surface area contributed by atoms with Gasteiger partial charge in [-0.25, -0.2) is 9.78 Å². The average molecular weight is 331 g/mol. The van der Waals surface area contributed by atoms with Gasteiger partial charge in [-0.1, -0.05) is 24.3 Å². The summed E-state index contributed by atoms with van der Waals surface area (Å²) in [5.41, 5.74) is 1.85. The Hall–Kier alpha value is -1.92. The standard InChI is InChI=1S/C17H21N3O2S/c1-11-4-2-3-5-13(11)14(21)10-19-17(22)20-15(12-6-7-12)16-18-8-9-23-16/h2-5,8-9,12,14-15,21H,6-7,10H2,1H3,(H2,19,20,22). The van der Waals surface area contributed by atoms with Gasteiger partial charge in [0, 0.05) is 18.1 Å². The van der Waals surface area contributed by atoms with E-state index in [1.54, 1.807) is 17.5 Å². The normalized spacial score (nSPS) is 16.6. The van der Waals surface area contributed by atoms with Crippen LogP contribution in [0.1, 0.15) is 41.1 Å². The molecular weight excluding hydrogens is 310 g/mol. The second kappa shape index (κ2) is 7.10. The predicted octanol–water partition coefficient (Wildman–Crippen LogP) is 2.94. The van der Waals surface area contributed by atoms with Crippen LogP contribution in [0.3, 0.4) is 0 Å². The summed E-state index contributed by atoms with van der Waals surface area (Å²) in [5.74, 6) is 0.480. The number of hydrogen-bond acceptors (Lipinski definition) is 4. The molecule has 2 aromatic rings. The van der Waals surface area contributed by atoms with Crippen LogP contribution in [0.4, 0.5) is 4.79 Å². The molecule has 1 fully saturated rings. The zero-order chi connectivity index (χ0) is 16.2. The molecule has 6 heteroatoms. The highest BCUT2D eigenvalue weighted by molar-refractivity contribution is 7.09. The van der Waals surface area contributed by atoms with Gasteiger partial charge >= 0.3 is 6.03 Å². The summed E-state index contributed by atoms with van der Waals surface area (Å²) >= 11 is 1.56. The maximum absolute atomic E-state index is 12.1. The number of urea groups is 1. The maximum atomic E-state index is 12.1. The fourth-order valence-electron chi connectivity index (χ4n) is 2.65. The first-order valence-corrected chi connectivity index (χ1v) is 8.70. The highest BCUT2D eigenvalue weighted by atomic mass is 32.1. The third-order valence-electron chi connectivity index (χ3n) is 4.10. The van der Waals surface area contributed by atoms with E-state index in [-0.39, 0.29) is 18.6 Å².